The Balaban J connectivity index is 2.12. The fourth-order valence-corrected chi connectivity index (χ4v) is 1.23. The molecule has 2 heterocycles. The smallest absolute Gasteiger partial charge is 0.233 e. The van der Waals surface area contributed by atoms with Gasteiger partial charge >= 0.3 is 0 Å². The van der Waals surface area contributed by atoms with Crippen LogP contribution in [0.4, 0.5) is 0 Å². The molecule has 0 aliphatic carbocycles. The Kier molecular flexibility index (Phi) is 1.39. The summed E-state index contributed by atoms with van der Waals surface area (Å²) in [4.78, 5) is 0. The van der Waals surface area contributed by atoms with Crippen LogP contribution in [0.3, 0.4) is 0 Å². The molecule has 1 aliphatic heterocycles. The average Bonchev–Trinajstić information content (AvgIpc) is 2.59. The summed E-state index contributed by atoms with van der Waals surface area (Å²) in [7, 11) is 0. The van der Waals surface area contributed by atoms with Gasteiger partial charge in [0.15, 0.2) is 0 Å². The molecule has 1 N–H and O–H groups in total. The molecule has 1 fully saturated rings. The minimum Gasteiger partial charge on any atom is -0.426 e. The van der Waals surface area contributed by atoms with Crippen molar-refractivity contribution in [2.45, 2.75) is 18.9 Å². The van der Waals surface area contributed by atoms with Crippen molar-refractivity contribution in [1.82, 2.24) is 15.5 Å². The largest absolute Gasteiger partial charge is 0.426 e. The van der Waals surface area contributed by atoms with Crippen LogP contribution in [-0.4, -0.2) is 16.7 Å². The van der Waals surface area contributed by atoms with Crippen LogP contribution in [0.5, 0.6) is 0 Å². The van der Waals surface area contributed by atoms with E-state index in [9.17, 15) is 0 Å². The zero-order valence-corrected chi connectivity index (χ0v) is 5.58. The topological polar surface area (TPSA) is 51.0 Å². The summed E-state index contributed by atoms with van der Waals surface area (Å²) in [6.45, 7) is 1.06. The molecule has 1 aliphatic rings. The zero-order chi connectivity index (χ0) is 6.81. The average molecular weight is 139 g/mol. The highest BCUT2D eigenvalue weighted by molar-refractivity contribution is 4.89. The molecule has 0 bridgehead atoms. The first kappa shape index (κ1) is 5.85. The molecule has 54 valence electrons. The Hall–Kier alpha value is -0.900. The SMILES string of the molecule is c1nnc([C@H]2CCCN2)o1. The van der Waals surface area contributed by atoms with E-state index in [1.165, 1.54) is 12.8 Å². The summed E-state index contributed by atoms with van der Waals surface area (Å²) < 4.78 is 5.03. The molecule has 10 heavy (non-hydrogen) atoms. The van der Waals surface area contributed by atoms with Crippen molar-refractivity contribution in [3.63, 3.8) is 0 Å². The van der Waals surface area contributed by atoms with Crippen LogP contribution in [0.2, 0.25) is 0 Å². The van der Waals surface area contributed by atoms with E-state index in [0.717, 1.165) is 18.9 Å². The maximum Gasteiger partial charge on any atom is 0.233 e. The molecule has 0 aromatic carbocycles. The number of hydrogen-bond acceptors (Lipinski definition) is 4. The number of rotatable bonds is 1. The summed E-state index contributed by atoms with van der Waals surface area (Å²) in [5.74, 6) is 0.720. The number of nitrogens with zero attached hydrogens (tertiary/aromatic N) is 2. The molecule has 0 unspecified atom stereocenters. The summed E-state index contributed by atoms with van der Waals surface area (Å²) >= 11 is 0. The zero-order valence-electron chi connectivity index (χ0n) is 5.58. The van der Waals surface area contributed by atoms with Gasteiger partial charge in [0.1, 0.15) is 0 Å². The van der Waals surface area contributed by atoms with E-state index in [4.69, 9.17) is 4.42 Å². The van der Waals surface area contributed by atoms with Crippen molar-refractivity contribution in [3.05, 3.63) is 12.3 Å². The molecule has 4 heteroatoms. The van der Waals surface area contributed by atoms with Gasteiger partial charge in [-0.15, -0.1) is 10.2 Å². The number of aromatic nitrogens is 2. The Morgan fingerprint density at radius 2 is 2.70 bits per heavy atom. The summed E-state index contributed by atoms with van der Waals surface area (Å²) in [6.07, 6.45) is 3.69. The second-order valence-corrected chi connectivity index (χ2v) is 2.43. The second kappa shape index (κ2) is 2.38. The van der Waals surface area contributed by atoms with E-state index in [-0.39, 0.29) is 0 Å². The van der Waals surface area contributed by atoms with Crippen molar-refractivity contribution in [2.75, 3.05) is 6.54 Å². The van der Waals surface area contributed by atoms with Gasteiger partial charge in [-0.2, -0.15) is 0 Å². The summed E-state index contributed by atoms with van der Waals surface area (Å²) in [5, 5.41) is 10.7. The molecular weight excluding hydrogens is 130 g/mol. The summed E-state index contributed by atoms with van der Waals surface area (Å²) in [6, 6.07) is 0.308. The molecule has 4 nitrogen and oxygen atoms in total. The van der Waals surface area contributed by atoms with Gasteiger partial charge in [0, 0.05) is 0 Å². The van der Waals surface area contributed by atoms with E-state index in [1.54, 1.807) is 0 Å². The first-order valence-corrected chi connectivity index (χ1v) is 3.46. The monoisotopic (exact) mass is 139 g/mol. The Morgan fingerprint density at radius 1 is 1.70 bits per heavy atom. The van der Waals surface area contributed by atoms with Crippen LogP contribution >= 0.6 is 0 Å². The molecule has 0 radical (unpaired) electrons. The third-order valence-corrected chi connectivity index (χ3v) is 1.74. The van der Waals surface area contributed by atoms with Crippen molar-refractivity contribution in [1.29, 1.82) is 0 Å². The van der Waals surface area contributed by atoms with Gasteiger partial charge < -0.3 is 9.73 Å². The molecule has 1 aromatic rings. The van der Waals surface area contributed by atoms with Crippen LogP contribution in [0.1, 0.15) is 24.8 Å². The molecule has 2 rings (SSSR count). The fourth-order valence-electron chi connectivity index (χ4n) is 1.23. The molecule has 1 aromatic heterocycles. The lowest BCUT2D eigenvalue weighted by atomic mass is 10.2. The molecule has 0 amide bonds. The van der Waals surface area contributed by atoms with Gasteiger partial charge in [-0.05, 0) is 19.4 Å². The lowest BCUT2D eigenvalue weighted by Gasteiger charge is -2.01. The minimum atomic E-state index is 0.308. The van der Waals surface area contributed by atoms with Crippen LogP contribution in [0, 0.1) is 0 Å². The predicted octanol–water partition coefficient (Wildman–Crippen LogP) is 0.494. The molecule has 0 spiro atoms. The summed E-state index contributed by atoms with van der Waals surface area (Å²) in [5.41, 5.74) is 0. The molecular formula is C6H9N3O. The maximum atomic E-state index is 5.03. The lowest BCUT2D eigenvalue weighted by Crippen LogP contribution is -2.12. The van der Waals surface area contributed by atoms with E-state index in [0.29, 0.717) is 6.04 Å². The maximum absolute atomic E-state index is 5.03. The second-order valence-electron chi connectivity index (χ2n) is 2.43. The third-order valence-electron chi connectivity index (χ3n) is 1.74. The van der Waals surface area contributed by atoms with Crippen LogP contribution < -0.4 is 5.32 Å². The highest BCUT2D eigenvalue weighted by Gasteiger charge is 2.19. The van der Waals surface area contributed by atoms with E-state index < -0.39 is 0 Å². The number of hydrogen-bond donors (Lipinski definition) is 1. The first-order chi connectivity index (χ1) is 4.97. The van der Waals surface area contributed by atoms with Crippen LogP contribution in [0.25, 0.3) is 0 Å². The molecule has 1 saturated heterocycles. The normalized spacial score (nSPS) is 25.4. The van der Waals surface area contributed by atoms with Crippen molar-refractivity contribution >= 4 is 0 Å². The number of nitrogens with one attached hydrogen (secondary N) is 1. The lowest BCUT2D eigenvalue weighted by molar-refractivity contribution is 0.429. The minimum absolute atomic E-state index is 0.308. The van der Waals surface area contributed by atoms with Crippen molar-refractivity contribution in [3.8, 4) is 0 Å². The van der Waals surface area contributed by atoms with E-state index in [1.807, 2.05) is 0 Å². The van der Waals surface area contributed by atoms with Crippen molar-refractivity contribution in [2.24, 2.45) is 0 Å². The first-order valence-electron chi connectivity index (χ1n) is 3.46. The standard InChI is InChI=1S/C6H9N3O/c1-2-5(7-3-1)6-9-8-4-10-6/h4-5,7H,1-3H2/t5-/m1/s1. The fraction of sp³-hybridized carbons (Fsp3) is 0.667. The van der Waals surface area contributed by atoms with Crippen LogP contribution in [-0.2, 0) is 0 Å². The van der Waals surface area contributed by atoms with Gasteiger partial charge in [0.25, 0.3) is 0 Å². The Labute approximate surface area is 58.6 Å². The predicted molar refractivity (Wildman–Crippen MR) is 34.3 cm³/mol. The van der Waals surface area contributed by atoms with Gasteiger partial charge in [-0.25, -0.2) is 0 Å². The van der Waals surface area contributed by atoms with Gasteiger partial charge in [-0.3, -0.25) is 0 Å². The quantitative estimate of drug-likeness (QED) is 0.615. The van der Waals surface area contributed by atoms with Crippen molar-refractivity contribution < 1.29 is 4.42 Å². The van der Waals surface area contributed by atoms with Crippen LogP contribution in [0.15, 0.2) is 10.8 Å². The highest BCUT2D eigenvalue weighted by Crippen LogP contribution is 2.19. The van der Waals surface area contributed by atoms with E-state index in [2.05, 4.69) is 15.5 Å². The molecule has 0 saturated carbocycles. The van der Waals surface area contributed by atoms with Gasteiger partial charge in [0.2, 0.25) is 12.3 Å². The Morgan fingerprint density at radius 3 is 3.30 bits per heavy atom. The van der Waals surface area contributed by atoms with Gasteiger partial charge in [-0.1, -0.05) is 0 Å². The third kappa shape index (κ3) is 0.903. The van der Waals surface area contributed by atoms with Gasteiger partial charge in [0.05, 0.1) is 6.04 Å². The highest BCUT2D eigenvalue weighted by atomic mass is 16.4. The molecule has 1 atom stereocenters. The van der Waals surface area contributed by atoms with E-state index >= 15 is 0 Å². The Bertz CT molecular complexity index is 191.